The average molecular weight is 370 g/mol. The molecule has 3 heterocycles. The Kier molecular flexibility index (Phi) is 4.21. The summed E-state index contributed by atoms with van der Waals surface area (Å²) in [6.45, 7) is 3.30. The summed E-state index contributed by atoms with van der Waals surface area (Å²) in [4.78, 5) is 29.3. The van der Waals surface area contributed by atoms with Gasteiger partial charge in [-0.05, 0) is 55.2 Å². The molecule has 2 saturated heterocycles. The van der Waals surface area contributed by atoms with Gasteiger partial charge in [0.15, 0.2) is 11.5 Å². The Balaban J connectivity index is 1.24. The van der Waals surface area contributed by atoms with E-state index in [2.05, 4.69) is 4.90 Å². The van der Waals surface area contributed by atoms with E-state index in [-0.39, 0.29) is 18.6 Å². The molecule has 1 aromatic carbocycles. The van der Waals surface area contributed by atoms with Crippen LogP contribution in [0.4, 0.5) is 0 Å². The van der Waals surface area contributed by atoms with Gasteiger partial charge >= 0.3 is 0 Å². The molecule has 3 aliphatic heterocycles. The smallest absolute Gasteiger partial charge is 0.231 e. The Bertz CT molecular complexity index is 761. The number of rotatable bonds is 3. The van der Waals surface area contributed by atoms with Crippen LogP contribution >= 0.6 is 0 Å². The van der Waals surface area contributed by atoms with Gasteiger partial charge in [-0.2, -0.15) is 0 Å². The summed E-state index contributed by atoms with van der Waals surface area (Å²) in [6, 6.07) is 5.90. The maximum atomic E-state index is 12.8. The number of nitrogens with zero attached hydrogens (tertiary/aromatic N) is 2. The van der Waals surface area contributed by atoms with Gasteiger partial charge in [-0.1, -0.05) is 6.07 Å². The van der Waals surface area contributed by atoms with E-state index in [1.165, 1.54) is 0 Å². The number of ether oxygens (including phenoxy) is 2. The summed E-state index contributed by atoms with van der Waals surface area (Å²) in [5.74, 6) is 3.28. The van der Waals surface area contributed by atoms with Gasteiger partial charge in [0, 0.05) is 38.5 Å². The van der Waals surface area contributed by atoms with Crippen molar-refractivity contribution in [2.24, 2.45) is 17.8 Å². The van der Waals surface area contributed by atoms with E-state index < -0.39 is 0 Å². The third kappa shape index (κ3) is 3.37. The Hall–Kier alpha value is -2.24. The number of piperidine rings is 1. The summed E-state index contributed by atoms with van der Waals surface area (Å²) in [5.41, 5.74) is 1.07. The van der Waals surface area contributed by atoms with Crippen LogP contribution in [-0.2, 0) is 16.1 Å². The molecule has 2 amide bonds. The van der Waals surface area contributed by atoms with Gasteiger partial charge in [-0.3, -0.25) is 9.59 Å². The van der Waals surface area contributed by atoms with Crippen LogP contribution in [-0.4, -0.2) is 48.0 Å². The van der Waals surface area contributed by atoms with E-state index in [1.54, 1.807) is 0 Å². The molecule has 1 aliphatic carbocycles. The van der Waals surface area contributed by atoms with Crippen LogP contribution in [0.1, 0.15) is 37.7 Å². The van der Waals surface area contributed by atoms with Crippen molar-refractivity contribution in [2.45, 2.75) is 38.6 Å². The zero-order valence-corrected chi connectivity index (χ0v) is 15.6. The third-order valence-corrected chi connectivity index (χ3v) is 6.50. The summed E-state index contributed by atoms with van der Waals surface area (Å²) < 4.78 is 10.8. The van der Waals surface area contributed by atoms with E-state index in [0.29, 0.717) is 30.7 Å². The van der Waals surface area contributed by atoms with Crippen molar-refractivity contribution in [1.82, 2.24) is 9.80 Å². The molecule has 0 bridgehead atoms. The minimum Gasteiger partial charge on any atom is -0.454 e. The van der Waals surface area contributed by atoms with Gasteiger partial charge in [-0.25, -0.2) is 0 Å². The summed E-state index contributed by atoms with van der Waals surface area (Å²) in [7, 11) is 0. The fourth-order valence-corrected chi connectivity index (χ4v) is 4.69. The molecule has 144 valence electrons. The number of amides is 2. The van der Waals surface area contributed by atoms with Gasteiger partial charge in [0.25, 0.3) is 0 Å². The summed E-state index contributed by atoms with van der Waals surface area (Å²) >= 11 is 0. The molecule has 4 aliphatic rings. The molecule has 1 aromatic rings. The lowest BCUT2D eigenvalue weighted by Gasteiger charge is -2.37. The van der Waals surface area contributed by atoms with Gasteiger partial charge < -0.3 is 19.3 Å². The number of fused-ring (bicyclic) bond motifs is 2. The van der Waals surface area contributed by atoms with Crippen LogP contribution in [0.15, 0.2) is 18.2 Å². The predicted molar refractivity (Wildman–Crippen MR) is 98.1 cm³/mol. The SMILES string of the molecule is O=C1C[C@@H]2CCN(C(=O)C3CC3)C[C@@H]2CCN1Cc1ccc2c(c1)OCO2. The minimum atomic E-state index is 0.238. The third-order valence-electron chi connectivity index (χ3n) is 6.50. The molecule has 0 spiro atoms. The molecule has 0 aromatic heterocycles. The van der Waals surface area contributed by atoms with Gasteiger partial charge in [0.05, 0.1) is 0 Å². The van der Waals surface area contributed by atoms with Crippen molar-refractivity contribution < 1.29 is 19.1 Å². The molecule has 27 heavy (non-hydrogen) atoms. The topological polar surface area (TPSA) is 59.1 Å². The van der Waals surface area contributed by atoms with Crippen molar-refractivity contribution in [2.75, 3.05) is 26.4 Å². The molecular formula is C21H26N2O4. The molecule has 6 heteroatoms. The number of carbonyl (C=O) groups excluding carboxylic acids is 2. The van der Waals surface area contributed by atoms with E-state index in [4.69, 9.17) is 9.47 Å². The number of likely N-dealkylation sites (tertiary alicyclic amines) is 2. The zero-order valence-electron chi connectivity index (χ0n) is 15.6. The fraction of sp³-hybridized carbons (Fsp3) is 0.619. The first-order valence-corrected chi connectivity index (χ1v) is 10.1. The van der Waals surface area contributed by atoms with E-state index in [9.17, 15) is 9.59 Å². The molecule has 0 radical (unpaired) electrons. The predicted octanol–water partition coefficient (Wildman–Crippen LogP) is 2.41. The Morgan fingerprint density at radius 1 is 1.04 bits per heavy atom. The van der Waals surface area contributed by atoms with E-state index >= 15 is 0 Å². The second-order valence-corrected chi connectivity index (χ2v) is 8.36. The molecule has 0 unspecified atom stereocenters. The lowest BCUT2D eigenvalue weighted by molar-refractivity contribution is -0.135. The summed E-state index contributed by atoms with van der Waals surface area (Å²) in [6.07, 6.45) is 4.68. The fourth-order valence-electron chi connectivity index (χ4n) is 4.69. The maximum Gasteiger partial charge on any atom is 0.231 e. The van der Waals surface area contributed by atoms with Crippen molar-refractivity contribution in [1.29, 1.82) is 0 Å². The standard InChI is InChI=1S/C21H26N2O4/c24-20-10-16-5-8-23(21(25)15-2-3-15)12-17(16)6-7-22(20)11-14-1-4-18-19(9-14)27-13-26-18/h1,4,9,15-17H,2-3,5-8,10-13H2/t16-,17-/m0/s1. The monoisotopic (exact) mass is 370 g/mol. The first-order valence-electron chi connectivity index (χ1n) is 10.1. The van der Waals surface area contributed by atoms with E-state index in [1.807, 2.05) is 23.1 Å². The lowest BCUT2D eigenvalue weighted by Crippen LogP contribution is -2.44. The zero-order chi connectivity index (χ0) is 18.4. The highest BCUT2D eigenvalue weighted by atomic mass is 16.7. The van der Waals surface area contributed by atoms with Crippen LogP contribution in [0.25, 0.3) is 0 Å². The average Bonchev–Trinajstić information content (AvgIpc) is 3.44. The van der Waals surface area contributed by atoms with Crippen molar-refractivity contribution in [3.8, 4) is 11.5 Å². The van der Waals surface area contributed by atoms with Crippen LogP contribution in [0.3, 0.4) is 0 Å². The molecule has 5 rings (SSSR count). The number of hydrogen-bond donors (Lipinski definition) is 0. The maximum absolute atomic E-state index is 12.8. The normalized spacial score (nSPS) is 27.3. The minimum absolute atomic E-state index is 0.238. The summed E-state index contributed by atoms with van der Waals surface area (Å²) in [5, 5.41) is 0. The number of carbonyl (C=O) groups is 2. The van der Waals surface area contributed by atoms with Crippen molar-refractivity contribution in [3.63, 3.8) is 0 Å². The quantitative estimate of drug-likeness (QED) is 0.820. The lowest BCUT2D eigenvalue weighted by atomic mass is 9.82. The van der Waals surface area contributed by atoms with Crippen LogP contribution < -0.4 is 9.47 Å². The van der Waals surface area contributed by atoms with Gasteiger partial charge in [0.1, 0.15) is 0 Å². The molecule has 0 N–H and O–H groups in total. The highest BCUT2D eigenvalue weighted by Gasteiger charge is 2.40. The second-order valence-electron chi connectivity index (χ2n) is 8.36. The van der Waals surface area contributed by atoms with Crippen molar-refractivity contribution in [3.05, 3.63) is 23.8 Å². The van der Waals surface area contributed by atoms with Gasteiger partial charge in [0.2, 0.25) is 18.6 Å². The number of benzene rings is 1. The molecule has 1 saturated carbocycles. The first-order chi connectivity index (χ1) is 13.2. The van der Waals surface area contributed by atoms with Crippen LogP contribution in [0.5, 0.6) is 11.5 Å². The Labute approximate surface area is 159 Å². The van der Waals surface area contributed by atoms with Crippen LogP contribution in [0, 0.1) is 17.8 Å². The Morgan fingerprint density at radius 2 is 1.85 bits per heavy atom. The van der Waals surface area contributed by atoms with Crippen molar-refractivity contribution >= 4 is 11.8 Å². The Morgan fingerprint density at radius 3 is 2.70 bits per heavy atom. The second kappa shape index (κ2) is 6.73. The number of hydrogen-bond acceptors (Lipinski definition) is 4. The van der Waals surface area contributed by atoms with Crippen LogP contribution in [0.2, 0.25) is 0 Å². The molecule has 3 fully saturated rings. The molecule has 2 atom stereocenters. The highest BCUT2D eigenvalue weighted by molar-refractivity contribution is 5.81. The molecular weight excluding hydrogens is 344 g/mol. The highest BCUT2D eigenvalue weighted by Crippen LogP contribution is 2.37. The van der Waals surface area contributed by atoms with Gasteiger partial charge in [-0.15, -0.1) is 0 Å². The first kappa shape index (κ1) is 16.9. The van der Waals surface area contributed by atoms with E-state index in [0.717, 1.165) is 62.4 Å². The largest absolute Gasteiger partial charge is 0.454 e. The molecule has 6 nitrogen and oxygen atoms in total.